The first kappa shape index (κ1) is 21.1. The number of rotatable bonds is 4. The highest BCUT2D eigenvalue weighted by molar-refractivity contribution is 5.72. The largest absolute Gasteiger partial charge is 0.521 e. The van der Waals surface area contributed by atoms with Gasteiger partial charge in [-0.3, -0.25) is 9.53 Å². The molecular weight excluding hydrogens is 341 g/mol. The summed E-state index contributed by atoms with van der Waals surface area (Å²) in [6, 6.07) is 0. The lowest BCUT2D eigenvalue weighted by molar-refractivity contribution is -0.914. The lowest BCUT2D eigenvalue weighted by Crippen LogP contribution is -2.59. The first-order valence-corrected chi connectivity index (χ1v) is 9.57. The summed E-state index contributed by atoms with van der Waals surface area (Å²) in [7, 11) is 1.38. The van der Waals surface area contributed by atoms with Crippen LogP contribution in [0.15, 0.2) is 0 Å². The number of methoxy groups -OCH3 is 1. The van der Waals surface area contributed by atoms with Crippen molar-refractivity contribution in [2.45, 2.75) is 78.0 Å². The van der Waals surface area contributed by atoms with Crippen LogP contribution in [0.4, 0.5) is 9.18 Å². The van der Waals surface area contributed by atoms with Gasteiger partial charge in [0.1, 0.15) is 5.60 Å². The molecule has 1 saturated carbocycles. The number of amides is 1. The van der Waals surface area contributed by atoms with Crippen LogP contribution in [0, 0.1) is 11.8 Å². The van der Waals surface area contributed by atoms with Crippen molar-refractivity contribution >= 4 is 12.1 Å². The molecule has 0 N–H and O–H groups in total. The van der Waals surface area contributed by atoms with Crippen LogP contribution in [-0.4, -0.2) is 54.9 Å². The summed E-state index contributed by atoms with van der Waals surface area (Å²) in [5.74, 6) is -0.356. The van der Waals surface area contributed by atoms with Crippen molar-refractivity contribution in [1.29, 1.82) is 0 Å². The number of halogens is 1. The van der Waals surface area contributed by atoms with Crippen LogP contribution in [0.1, 0.15) is 59.8 Å². The zero-order chi connectivity index (χ0) is 19.5. The van der Waals surface area contributed by atoms with Crippen LogP contribution in [0.3, 0.4) is 0 Å². The molecule has 0 spiro atoms. The molecule has 1 saturated heterocycles. The molecule has 0 aromatic carbocycles. The maximum Gasteiger partial charge on any atom is 0.521 e. The molecule has 0 aromatic rings. The summed E-state index contributed by atoms with van der Waals surface area (Å²) >= 11 is 0. The monoisotopic (exact) mass is 374 g/mol. The molecule has 0 aromatic heterocycles. The van der Waals surface area contributed by atoms with Crippen LogP contribution in [0.5, 0.6) is 0 Å². The average Bonchev–Trinajstić information content (AvgIpc) is 3.05. The molecule has 2 fully saturated rings. The van der Waals surface area contributed by atoms with Gasteiger partial charge in [0, 0.05) is 12.8 Å². The second-order valence-electron chi connectivity index (χ2n) is 8.65. The van der Waals surface area contributed by atoms with E-state index in [0.29, 0.717) is 32.4 Å². The number of nitrogens with zero attached hydrogens (tertiary/aromatic N) is 1. The molecule has 4 unspecified atom stereocenters. The number of quaternary nitrogens is 1. The summed E-state index contributed by atoms with van der Waals surface area (Å²) in [5.41, 5.74) is -0.670. The summed E-state index contributed by atoms with van der Waals surface area (Å²) in [6.07, 6.45) is 2.47. The van der Waals surface area contributed by atoms with E-state index >= 15 is 4.39 Å². The lowest BCUT2D eigenvalue weighted by atomic mass is 9.80. The molecule has 1 aliphatic heterocycles. The van der Waals surface area contributed by atoms with Crippen molar-refractivity contribution in [3.8, 4) is 0 Å². The van der Waals surface area contributed by atoms with Gasteiger partial charge in [0.2, 0.25) is 0 Å². The molecule has 26 heavy (non-hydrogen) atoms. The average molecular weight is 374 g/mol. The van der Waals surface area contributed by atoms with E-state index in [1.807, 2.05) is 6.92 Å². The Kier molecular flexibility index (Phi) is 6.66. The molecule has 6 nitrogen and oxygen atoms in total. The maximum atomic E-state index is 15.2. The minimum Gasteiger partial charge on any atom is -0.469 e. The number of alkyl halides is 1. The summed E-state index contributed by atoms with van der Waals surface area (Å²) < 4.78 is 30.8. The number of esters is 1. The minimum atomic E-state index is -1.74. The smallest absolute Gasteiger partial charge is 0.469 e. The number of ether oxygens (including phenoxy) is 3. The molecule has 4 atom stereocenters. The third-order valence-corrected chi connectivity index (χ3v) is 5.42. The minimum absolute atomic E-state index is 0.0207. The zero-order valence-electron chi connectivity index (χ0n) is 16.6. The topological polar surface area (TPSA) is 61.8 Å². The molecule has 2 rings (SSSR count). The Balaban J connectivity index is 2.03. The van der Waals surface area contributed by atoms with Crippen LogP contribution in [-0.2, 0) is 19.0 Å². The molecule has 0 bridgehead atoms. The molecule has 0 radical (unpaired) electrons. The third kappa shape index (κ3) is 4.74. The molecule has 1 aliphatic carbocycles. The fourth-order valence-electron chi connectivity index (χ4n) is 3.93. The van der Waals surface area contributed by atoms with Crippen molar-refractivity contribution in [3.05, 3.63) is 0 Å². The van der Waals surface area contributed by atoms with Crippen LogP contribution in [0.25, 0.3) is 0 Å². The van der Waals surface area contributed by atoms with Gasteiger partial charge in [-0.2, -0.15) is 13.7 Å². The van der Waals surface area contributed by atoms with Crippen molar-refractivity contribution in [1.82, 2.24) is 0 Å². The van der Waals surface area contributed by atoms with Gasteiger partial charge in [0.15, 0.2) is 0 Å². The molecular formula is C19H33FNO5+. The van der Waals surface area contributed by atoms with E-state index in [9.17, 15) is 9.59 Å². The molecule has 1 heterocycles. The van der Waals surface area contributed by atoms with E-state index in [-0.39, 0.29) is 23.9 Å². The predicted molar refractivity (Wildman–Crippen MR) is 93.8 cm³/mol. The quantitative estimate of drug-likeness (QED) is 0.426. The second-order valence-corrected chi connectivity index (χ2v) is 8.65. The number of hydrogen-bond donors (Lipinski definition) is 0. The summed E-state index contributed by atoms with van der Waals surface area (Å²) in [5, 5.41) is 0. The Hall–Kier alpha value is -1.21. The van der Waals surface area contributed by atoms with Gasteiger partial charge in [-0.25, -0.2) is 0 Å². The zero-order valence-corrected chi connectivity index (χ0v) is 16.6. The predicted octanol–water partition coefficient (Wildman–Crippen LogP) is 3.78. The maximum absolute atomic E-state index is 15.2. The second kappa shape index (κ2) is 8.21. The highest BCUT2D eigenvalue weighted by atomic mass is 19.1. The van der Waals surface area contributed by atoms with Gasteiger partial charge < -0.3 is 9.47 Å². The Labute approximate surface area is 155 Å². The molecule has 7 heteroatoms. The number of carbonyl (C=O) groups is 2. The van der Waals surface area contributed by atoms with Crippen LogP contribution < -0.4 is 0 Å². The van der Waals surface area contributed by atoms with Gasteiger partial charge in [-0.05, 0) is 46.0 Å². The van der Waals surface area contributed by atoms with Crippen molar-refractivity contribution in [3.63, 3.8) is 0 Å². The first-order chi connectivity index (χ1) is 12.1. The molecule has 150 valence electrons. The normalized spacial score (nSPS) is 29.8. The number of hydrogen-bond acceptors (Lipinski definition) is 5. The lowest BCUT2D eigenvalue weighted by Gasteiger charge is -2.38. The fraction of sp³-hybridized carbons (Fsp3) is 0.895. The first-order valence-electron chi connectivity index (χ1n) is 9.57. The van der Waals surface area contributed by atoms with Crippen molar-refractivity contribution in [2.24, 2.45) is 11.8 Å². The van der Waals surface area contributed by atoms with E-state index in [1.165, 1.54) is 7.11 Å². The van der Waals surface area contributed by atoms with Gasteiger partial charge in [-0.1, -0.05) is 6.92 Å². The fourth-order valence-corrected chi connectivity index (χ4v) is 3.93. The van der Waals surface area contributed by atoms with E-state index in [2.05, 4.69) is 0 Å². The third-order valence-electron chi connectivity index (χ3n) is 5.42. The Bertz CT molecular complexity index is 513. The summed E-state index contributed by atoms with van der Waals surface area (Å²) in [4.78, 5) is 24.4. The van der Waals surface area contributed by atoms with Crippen LogP contribution in [0.2, 0.25) is 0 Å². The van der Waals surface area contributed by atoms with E-state index in [4.69, 9.17) is 14.2 Å². The summed E-state index contributed by atoms with van der Waals surface area (Å²) in [6.45, 7) is 6.33. The highest BCUT2D eigenvalue weighted by Gasteiger charge is 2.52. The van der Waals surface area contributed by atoms with E-state index in [1.54, 1.807) is 20.8 Å². The number of carbonyl (C=O) groups excluding carboxylic acids is 2. The van der Waals surface area contributed by atoms with E-state index < -0.39 is 22.7 Å². The van der Waals surface area contributed by atoms with Crippen molar-refractivity contribution in [2.75, 3.05) is 20.2 Å². The Morgan fingerprint density at radius 3 is 2.27 bits per heavy atom. The van der Waals surface area contributed by atoms with Gasteiger partial charge in [0.25, 0.3) is 0 Å². The van der Waals surface area contributed by atoms with E-state index in [0.717, 1.165) is 12.8 Å². The SMILES string of the molecule is COC(=O)C1CCC(OC(F)[N+]2(C(=O)OC(C)(C)C)CCCC2)C(C)C1. The highest BCUT2D eigenvalue weighted by Crippen LogP contribution is 2.36. The Morgan fingerprint density at radius 1 is 1.15 bits per heavy atom. The van der Waals surface area contributed by atoms with Gasteiger partial charge in [0.05, 0.1) is 32.2 Å². The van der Waals surface area contributed by atoms with Crippen molar-refractivity contribution < 1.29 is 32.7 Å². The standard InChI is InChI=1S/C19H33FNO5/c1-13-12-14(16(22)24-5)8-9-15(13)25-17(20)21(10-6-7-11-21)18(23)26-19(2,3)4/h13-15,17H,6-12H2,1-5H3/q+1. The Morgan fingerprint density at radius 2 is 1.77 bits per heavy atom. The van der Waals surface area contributed by atoms with Gasteiger partial charge >= 0.3 is 18.5 Å². The van der Waals surface area contributed by atoms with Gasteiger partial charge in [-0.15, -0.1) is 0 Å². The van der Waals surface area contributed by atoms with Crippen LogP contribution >= 0.6 is 0 Å². The number of likely N-dealkylation sites (tertiary alicyclic amines) is 1. The molecule has 1 amide bonds. The molecule has 2 aliphatic rings.